The Morgan fingerprint density at radius 2 is 1.94 bits per heavy atom. The minimum absolute atomic E-state index is 0.0175. The zero-order valence-corrected chi connectivity index (χ0v) is 11.1. The molecule has 1 aromatic heterocycles. The molecule has 0 bridgehead atoms. The predicted molar refractivity (Wildman–Crippen MR) is 70.3 cm³/mol. The van der Waals surface area contributed by atoms with Crippen LogP contribution >= 0.6 is 0 Å². The Hall–Kier alpha value is -1.91. The van der Waals surface area contributed by atoms with Gasteiger partial charge in [0.2, 0.25) is 0 Å². The summed E-state index contributed by atoms with van der Waals surface area (Å²) in [6.45, 7) is 7.52. The molecule has 5 heteroatoms. The third-order valence-electron chi connectivity index (χ3n) is 2.72. The van der Waals surface area contributed by atoms with Crippen molar-refractivity contribution >= 4 is 18.0 Å². The van der Waals surface area contributed by atoms with Crippen LogP contribution in [0.3, 0.4) is 0 Å². The van der Waals surface area contributed by atoms with Gasteiger partial charge in [0.05, 0.1) is 6.34 Å². The second-order valence-electron chi connectivity index (χ2n) is 4.78. The lowest BCUT2D eigenvalue weighted by Gasteiger charge is -2.11. The van der Waals surface area contributed by atoms with Crippen molar-refractivity contribution in [2.75, 3.05) is 0 Å². The molecule has 0 aliphatic rings. The summed E-state index contributed by atoms with van der Waals surface area (Å²) in [6.07, 6.45) is 2.41. The van der Waals surface area contributed by atoms with Crippen LogP contribution in [0.15, 0.2) is 6.20 Å². The molecule has 1 amide bonds. The Kier molecular flexibility index (Phi) is 4.42. The number of rotatable bonds is 5. The number of aromatic nitrogens is 1. The fraction of sp³-hybridized carbons (Fsp3) is 0.462. The van der Waals surface area contributed by atoms with Crippen molar-refractivity contribution in [3.05, 3.63) is 23.0 Å². The second kappa shape index (κ2) is 5.62. The number of hydrogen-bond acceptors (Lipinski definition) is 3. The highest BCUT2D eigenvalue weighted by atomic mass is 16.2. The van der Waals surface area contributed by atoms with Crippen molar-refractivity contribution in [1.82, 2.24) is 10.3 Å². The largest absolute Gasteiger partial charge is 0.356 e. The molecular weight excluding hydrogens is 230 g/mol. The van der Waals surface area contributed by atoms with Gasteiger partial charge in [-0.2, -0.15) is 0 Å². The standard InChI is InChI=1S/C13H19N3O2/c1-7(2)10-9(12(17)8(3)4)5-15-11(10)13(18)16-6-14/h5-8,15H,1-4H3,(H2,14,16,18). The first-order valence-corrected chi connectivity index (χ1v) is 5.95. The van der Waals surface area contributed by atoms with Gasteiger partial charge in [0.25, 0.3) is 5.91 Å². The van der Waals surface area contributed by atoms with Crippen LogP contribution in [0.4, 0.5) is 0 Å². The molecule has 0 spiro atoms. The van der Waals surface area contributed by atoms with E-state index in [1.807, 2.05) is 27.7 Å². The number of aromatic amines is 1. The van der Waals surface area contributed by atoms with Crippen molar-refractivity contribution in [2.24, 2.45) is 5.92 Å². The number of nitrogens with one attached hydrogen (secondary N) is 3. The quantitative estimate of drug-likeness (QED) is 0.425. The summed E-state index contributed by atoms with van der Waals surface area (Å²) in [5.74, 6) is -0.433. The van der Waals surface area contributed by atoms with Gasteiger partial charge in [-0.3, -0.25) is 15.0 Å². The minimum Gasteiger partial charge on any atom is -0.356 e. The summed E-state index contributed by atoms with van der Waals surface area (Å²) in [4.78, 5) is 26.7. The Balaban J connectivity index is 3.27. The first-order valence-electron chi connectivity index (χ1n) is 5.95. The van der Waals surface area contributed by atoms with E-state index < -0.39 is 5.91 Å². The maximum atomic E-state index is 12.1. The van der Waals surface area contributed by atoms with Crippen molar-refractivity contribution in [1.29, 1.82) is 5.41 Å². The lowest BCUT2D eigenvalue weighted by molar-refractivity contribution is 0.0938. The molecule has 0 atom stereocenters. The number of hydrogen-bond donors (Lipinski definition) is 3. The lowest BCUT2D eigenvalue weighted by atomic mass is 9.92. The summed E-state index contributed by atoms with van der Waals surface area (Å²) in [5, 5.41) is 9.18. The van der Waals surface area contributed by atoms with Gasteiger partial charge in [0, 0.05) is 17.7 Å². The third kappa shape index (κ3) is 2.67. The average Bonchev–Trinajstić information content (AvgIpc) is 2.72. The molecule has 0 saturated heterocycles. The molecule has 1 heterocycles. The van der Waals surface area contributed by atoms with E-state index in [0.717, 1.165) is 6.34 Å². The molecule has 18 heavy (non-hydrogen) atoms. The number of carbonyl (C=O) groups is 2. The highest BCUT2D eigenvalue weighted by molar-refractivity contribution is 6.05. The summed E-state index contributed by atoms with van der Waals surface area (Å²) in [7, 11) is 0. The van der Waals surface area contributed by atoms with Crippen molar-refractivity contribution < 1.29 is 9.59 Å². The van der Waals surface area contributed by atoms with Crippen molar-refractivity contribution in [3.63, 3.8) is 0 Å². The Morgan fingerprint density at radius 3 is 2.39 bits per heavy atom. The molecule has 0 aliphatic heterocycles. The molecule has 0 radical (unpaired) electrons. The van der Waals surface area contributed by atoms with Crippen LogP contribution in [0.25, 0.3) is 0 Å². The fourth-order valence-electron chi connectivity index (χ4n) is 1.87. The summed E-state index contributed by atoms with van der Waals surface area (Å²) < 4.78 is 0. The Bertz CT molecular complexity index is 473. The monoisotopic (exact) mass is 249 g/mol. The zero-order chi connectivity index (χ0) is 13.9. The van der Waals surface area contributed by atoms with Crippen LogP contribution in [-0.2, 0) is 0 Å². The van der Waals surface area contributed by atoms with Crippen LogP contribution in [0, 0.1) is 11.3 Å². The number of Topliss-reactive ketones (excluding diaryl/α,β-unsaturated/α-hetero) is 1. The molecule has 1 rings (SSSR count). The summed E-state index contributed by atoms with van der Waals surface area (Å²) >= 11 is 0. The maximum Gasteiger partial charge on any atom is 0.273 e. The van der Waals surface area contributed by atoms with E-state index in [4.69, 9.17) is 5.41 Å². The van der Waals surface area contributed by atoms with Gasteiger partial charge in [0.15, 0.2) is 5.78 Å². The van der Waals surface area contributed by atoms with Crippen LogP contribution in [0.2, 0.25) is 0 Å². The van der Waals surface area contributed by atoms with Gasteiger partial charge < -0.3 is 10.3 Å². The van der Waals surface area contributed by atoms with Crippen LogP contribution < -0.4 is 5.32 Å². The van der Waals surface area contributed by atoms with Gasteiger partial charge in [-0.15, -0.1) is 0 Å². The smallest absolute Gasteiger partial charge is 0.273 e. The fourth-order valence-corrected chi connectivity index (χ4v) is 1.87. The van der Waals surface area contributed by atoms with Crippen LogP contribution in [0.1, 0.15) is 60.0 Å². The van der Waals surface area contributed by atoms with Gasteiger partial charge >= 0.3 is 0 Å². The van der Waals surface area contributed by atoms with E-state index in [1.54, 1.807) is 6.20 Å². The molecule has 0 aromatic carbocycles. The normalized spacial score (nSPS) is 10.8. The van der Waals surface area contributed by atoms with Crippen molar-refractivity contribution in [2.45, 2.75) is 33.6 Å². The van der Waals surface area contributed by atoms with E-state index in [9.17, 15) is 9.59 Å². The van der Waals surface area contributed by atoms with Gasteiger partial charge in [-0.1, -0.05) is 27.7 Å². The SMILES string of the molecule is CC(C)C(=O)c1c[nH]c(C(=O)NC=N)c1C(C)C. The highest BCUT2D eigenvalue weighted by Gasteiger charge is 2.24. The number of H-pyrrole nitrogens is 1. The van der Waals surface area contributed by atoms with Crippen molar-refractivity contribution in [3.8, 4) is 0 Å². The summed E-state index contributed by atoms with van der Waals surface area (Å²) in [5.41, 5.74) is 1.64. The zero-order valence-electron chi connectivity index (χ0n) is 11.1. The molecule has 98 valence electrons. The molecule has 0 fully saturated rings. The minimum atomic E-state index is -0.392. The molecule has 0 aliphatic carbocycles. The topological polar surface area (TPSA) is 85.8 Å². The first kappa shape index (κ1) is 14.2. The number of ketones is 1. The predicted octanol–water partition coefficient (Wildman–Crippen LogP) is 2.31. The van der Waals surface area contributed by atoms with E-state index in [1.165, 1.54) is 0 Å². The van der Waals surface area contributed by atoms with Crippen LogP contribution in [0.5, 0.6) is 0 Å². The maximum absolute atomic E-state index is 12.1. The number of amides is 1. The van der Waals surface area contributed by atoms with E-state index in [2.05, 4.69) is 10.3 Å². The first-order chi connectivity index (χ1) is 8.40. The summed E-state index contributed by atoms with van der Waals surface area (Å²) in [6, 6.07) is 0. The van der Waals surface area contributed by atoms with E-state index in [-0.39, 0.29) is 17.6 Å². The molecule has 5 nitrogen and oxygen atoms in total. The van der Waals surface area contributed by atoms with E-state index >= 15 is 0 Å². The second-order valence-corrected chi connectivity index (χ2v) is 4.78. The average molecular weight is 249 g/mol. The van der Waals surface area contributed by atoms with Gasteiger partial charge in [0.1, 0.15) is 5.69 Å². The Morgan fingerprint density at radius 1 is 1.33 bits per heavy atom. The number of carbonyl (C=O) groups excluding carboxylic acids is 2. The molecule has 0 saturated carbocycles. The lowest BCUT2D eigenvalue weighted by Crippen LogP contribution is -2.23. The van der Waals surface area contributed by atoms with E-state index in [0.29, 0.717) is 16.8 Å². The van der Waals surface area contributed by atoms with Gasteiger partial charge in [-0.05, 0) is 11.5 Å². The molecular formula is C13H19N3O2. The molecule has 0 unspecified atom stereocenters. The molecule has 3 N–H and O–H groups in total. The molecule has 1 aromatic rings. The van der Waals surface area contributed by atoms with Crippen LogP contribution in [-0.4, -0.2) is 23.0 Å². The Labute approximate surface area is 106 Å². The third-order valence-corrected chi connectivity index (χ3v) is 2.72. The highest BCUT2D eigenvalue weighted by Crippen LogP contribution is 2.25. The van der Waals surface area contributed by atoms with Gasteiger partial charge in [-0.25, -0.2) is 0 Å².